The number of rotatable bonds is 4. The SMILES string of the molecule is CC(C)c1ccc2nc(C=Cc3ccc(Cl)cc3)nc(C3CCCCC3(N)N)c2c1. The van der Waals surface area contributed by atoms with Gasteiger partial charge in [0.1, 0.15) is 0 Å². The van der Waals surface area contributed by atoms with Crippen LogP contribution in [0.15, 0.2) is 42.5 Å². The smallest absolute Gasteiger partial charge is 0.152 e. The van der Waals surface area contributed by atoms with Gasteiger partial charge in [0.25, 0.3) is 0 Å². The minimum Gasteiger partial charge on any atom is -0.313 e. The maximum absolute atomic E-state index is 6.56. The van der Waals surface area contributed by atoms with E-state index in [1.165, 1.54) is 5.56 Å². The monoisotopic (exact) mass is 420 g/mol. The van der Waals surface area contributed by atoms with Crippen LogP contribution in [0.3, 0.4) is 0 Å². The fourth-order valence-corrected chi connectivity index (χ4v) is 4.37. The van der Waals surface area contributed by atoms with Gasteiger partial charge in [-0.25, -0.2) is 9.97 Å². The highest BCUT2D eigenvalue weighted by Crippen LogP contribution is 2.39. The minimum absolute atomic E-state index is 0.0156. The van der Waals surface area contributed by atoms with Crippen LogP contribution in [-0.4, -0.2) is 15.6 Å². The van der Waals surface area contributed by atoms with Gasteiger partial charge in [-0.15, -0.1) is 0 Å². The summed E-state index contributed by atoms with van der Waals surface area (Å²) in [7, 11) is 0. The van der Waals surface area contributed by atoms with Crippen LogP contribution in [0.2, 0.25) is 5.02 Å². The third kappa shape index (κ3) is 4.41. The van der Waals surface area contributed by atoms with Crippen LogP contribution < -0.4 is 11.5 Å². The van der Waals surface area contributed by atoms with Crippen molar-refractivity contribution in [3.63, 3.8) is 0 Å². The Morgan fingerprint density at radius 3 is 2.50 bits per heavy atom. The molecule has 156 valence electrons. The summed E-state index contributed by atoms with van der Waals surface area (Å²) in [5.41, 5.74) is 16.6. The first-order valence-electron chi connectivity index (χ1n) is 10.7. The van der Waals surface area contributed by atoms with Crippen molar-refractivity contribution in [2.45, 2.75) is 57.0 Å². The Bertz CT molecular complexity index is 1070. The standard InChI is InChI=1S/C25H29ClN4/c1-16(2)18-9-12-22-20(15-18)24(21-5-3-4-14-25(21,27)28)30-23(29-22)13-8-17-6-10-19(26)11-7-17/h6-13,15-16,21H,3-5,14,27-28H2,1-2H3. The molecule has 4 N–H and O–H groups in total. The van der Waals surface area contributed by atoms with Crippen LogP contribution in [0.1, 0.15) is 74.0 Å². The highest BCUT2D eigenvalue weighted by Gasteiger charge is 2.36. The molecule has 4 rings (SSSR count). The van der Waals surface area contributed by atoms with Crippen LogP contribution in [0, 0.1) is 0 Å². The summed E-state index contributed by atoms with van der Waals surface area (Å²) < 4.78 is 0. The molecular weight excluding hydrogens is 392 g/mol. The number of aromatic nitrogens is 2. The lowest BCUT2D eigenvalue weighted by Crippen LogP contribution is -2.56. The van der Waals surface area contributed by atoms with E-state index in [1.54, 1.807) is 0 Å². The maximum Gasteiger partial charge on any atom is 0.152 e. The van der Waals surface area contributed by atoms with Crippen molar-refractivity contribution >= 4 is 34.7 Å². The fraction of sp³-hybridized carbons (Fsp3) is 0.360. The van der Waals surface area contributed by atoms with Gasteiger partial charge in [0.15, 0.2) is 5.82 Å². The number of benzene rings is 2. The molecule has 1 aliphatic rings. The van der Waals surface area contributed by atoms with Crippen molar-refractivity contribution in [2.75, 3.05) is 0 Å². The second-order valence-electron chi connectivity index (χ2n) is 8.69. The molecule has 2 aromatic carbocycles. The van der Waals surface area contributed by atoms with Gasteiger partial charge in [0.2, 0.25) is 0 Å². The lowest BCUT2D eigenvalue weighted by Gasteiger charge is -2.38. The summed E-state index contributed by atoms with van der Waals surface area (Å²) in [6.45, 7) is 4.39. The molecule has 1 aliphatic carbocycles. The summed E-state index contributed by atoms with van der Waals surface area (Å²) in [4.78, 5) is 9.78. The number of nitrogens with two attached hydrogens (primary N) is 2. The van der Waals surface area contributed by atoms with Crippen molar-refractivity contribution in [1.29, 1.82) is 0 Å². The topological polar surface area (TPSA) is 77.8 Å². The number of halogens is 1. The van der Waals surface area contributed by atoms with E-state index < -0.39 is 5.66 Å². The van der Waals surface area contributed by atoms with Crippen LogP contribution in [0.4, 0.5) is 0 Å². The molecule has 1 fully saturated rings. The lowest BCUT2D eigenvalue weighted by molar-refractivity contribution is 0.256. The molecule has 1 heterocycles. The van der Waals surface area contributed by atoms with Crippen molar-refractivity contribution in [1.82, 2.24) is 9.97 Å². The van der Waals surface area contributed by atoms with Crippen molar-refractivity contribution < 1.29 is 0 Å². The third-order valence-corrected chi connectivity index (χ3v) is 6.31. The molecule has 30 heavy (non-hydrogen) atoms. The van der Waals surface area contributed by atoms with E-state index in [2.05, 4.69) is 32.0 Å². The van der Waals surface area contributed by atoms with Crippen LogP contribution in [0.5, 0.6) is 0 Å². The average Bonchev–Trinajstić information content (AvgIpc) is 2.72. The third-order valence-electron chi connectivity index (χ3n) is 6.06. The van der Waals surface area contributed by atoms with Gasteiger partial charge in [0, 0.05) is 16.3 Å². The molecule has 4 nitrogen and oxygen atoms in total. The average molecular weight is 421 g/mol. The molecule has 1 unspecified atom stereocenters. The first-order chi connectivity index (χ1) is 14.3. The Hall–Kier alpha value is -2.27. The summed E-state index contributed by atoms with van der Waals surface area (Å²) in [5.74, 6) is 1.12. The van der Waals surface area contributed by atoms with E-state index in [-0.39, 0.29) is 5.92 Å². The quantitative estimate of drug-likeness (QED) is 0.519. The highest BCUT2D eigenvalue weighted by molar-refractivity contribution is 6.30. The summed E-state index contributed by atoms with van der Waals surface area (Å²) in [6.07, 6.45) is 7.89. The maximum atomic E-state index is 6.56. The van der Waals surface area contributed by atoms with Gasteiger partial charge in [-0.05, 0) is 60.2 Å². The zero-order valence-electron chi connectivity index (χ0n) is 17.6. The summed E-state index contributed by atoms with van der Waals surface area (Å²) in [5, 5.41) is 1.79. The van der Waals surface area contributed by atoms with E-state index in [0.717, 1.165) is 52.9 Å². The normalized spacial score (nSPS) is 19.1. The van der Waals surface area contributed by atoms with E-state index in [1.807, 2.05) is 36.4 Å². The van der Waals surface area contributed by atoms with E-state index in [9.17, 15) is 0 Å². The molecule has 0 radical (unpaired) electrons. The summed E-state index contributed by atoms with van der Waals surface area (Å²) >= 11 is 5.99. The van der Waals surface area contributed by atoms with Gasteiger partial charge < -0.3 is 11.5 Å². The van der Waals surface area contributed by atoms with Crippen molar-refractivity contribution in [3.8, 4) is 0 Å². The summed E-state index contributed by atoms with van der Waals surface area (Å²) in [6, 6.07) is 14.2. The lowest BCUT2D eigenvalue weighted by atomic mass is 9.77. The Balaban J connectivity index is 1.82. The molecule has 0 saturated heterocycles. The highest BCUT2D eigenvalue weighted by atomic mass is 35.5. The second-order valence-corrected chi connectivity index (χ2v) is 9.13. The minimum atomic E-state index is -0.746. The van der Waals surface area contributed by atoms with Gasteiger partial charge >= 0.3 is 0 Å². The molecule has 0 bridgehead atoms. The molecule has 1 aromatic heterocycles. The zero-order valence-corrected chi connectivity index (χ0v) is 18.4. The van der Waals surface area contributed by atoms with Crippen molar-refractivity contribution in [2.24, 2.45) is 11.5 Å². The Kier molecular flexibility index (Phi) is 5.92. The largest absolute Gasteiger partial charge is 0.313 e. The van der Waals surface area contributed by atoms with E-state index in [4.69, 9.17) is 33.0 Å². The first kappa shape index (κ1) is 21.0. The van der Waals surface area contributed by atoms with Crippen LogP contribution in [-0.2, 0) is 0 Å². The molecule has 1 atom stereocenters. The molecule has 3 aromatic rings. The van der Waals surface area contributed by atoms with E-state index in [0.29, 0.717) is 11.7 Å². The van der Waals surface area contributed by atoms with Crippen LogP contribution >= 0.6 is 11.6 Å². The Labute approximate surface area is 183 Å². The van der Waals surface area contributed by atoms with Gasteiger partial charge in [-0.1, -0.05) is 62.6 Å². The zero-order chi connectivity index (χ0) is 21.3. The number of nitrogens with zero attached hydrogens (tertiary/aromatic N) is 2. The van der Waals surface area contributed by atoms with Crippen molar-refractivity contribution in [3.05, 3.63) is 70.1 Å². The molecule has 0 spiro atoms. The van der Waals surface area contributed by atoms with Gasteiger partial charge in [0.05, 0.1) is 16.9 Å². The predicted octanol–water partition coefficient (Wildman–Crippen LogP) is 5.85. The number of fused-ring (bicyclic) bond motifs is 1. The van der Waals surface area contributed by atoms with Gasteiger partial charge in [-0.2, -0.15) is 0 Å². The Morgan fingerprint density at radius 1 is 1.03 bits per heavy atom. The fourth-order valence-electron chi connectivity index (χ4n) is 4.25. The predicted molar refractivity (Wildman–Crippen MR) is 126 cm³/mol. The Morgan fingerprint density at radius 2 is 1.80 bits per heavy atom. The molecule has 0 aliphatic heterocycles. The van der Waals surface area contributed by atoms with Crippen LogP contribution in [0.25, 0.3) is 23.1 Å². The number of hydrogen-bond donors (Lipinski definition) is 2. The van der Waals surface area contributed by atoms with Gasteiger partial charge in [-0.3, -0.25) is 0 Å². The van der Waals surface area contributed by atoms with E-state index >= 15 is 0 Å². The molecule has 1 saturated carbocycles. The number of hydrogen-bond acceptors (Lipinski definition) is 4. The molecule has 5 heteroatoms. The molecular formula is C25H29ClN4. The second kappa shape index (κ2) is 8.46. The first-order valence-corrected chi connectivity index (χ1v) is 11.0. The molecule has 0 amide bonds.